The smallest absolute Gasteiger partial charge is 0.0584 e. The molecule has 0 rings (SSSR count). The summed E-state index contributed by atoms with van der Waals surface area (Å²) in [5, 5.41) is 0. The third-order valence-electron chi connectivity index (χ3n) is 0.673. The summed E-state index contributed by atoms with van der Waals surface area (Å²) in [4.78, 5) is 0. The molecule has 60 valence electrons. The SMILES string of the molecule is CCC(=S)SSC(C)(C)C. The lowest BCUT2D eigenvalue weighted by Crippen LogP contribution is -2.05. The van der Waals surface area contributed by atoms with E-state index in [0.29, 0.717) is 4.75 Å². The number of hydrogen-bond acceptors (Lipinski definition) is 3. The largest absolute Gasteiger partial charge is 0.0824 e. The standard InChI is InChI=1S/C7H14S3/c1-5-6(8)9-10-7(2,3)4/h5H2,1-4H3. The monoisotopic (exact) mass is 194 g/mol. The van der Waals surface area contributed by atoms with Crippen LogP contribution in [-0.2, 0) is 0 Å². The molecule has 0 spiro atoms. The van der Waals surface area contributed by atoms with Crippen LogP contribution in [0, 0.1) is 0 Å². The van der Waals surface area contributed by atoms with E-state index < -0.39 is 0 Å². The van der Waals surface area contributed by atoms with E-state index in [1.54, 1.807) is 10.8 Å². The van der Waals surface area contributed by atoms with Gasteiger partial charge >= 0.3 is 0 Å². The van der Waals surface area contributed by atoms with Crippen LogP contribution in [0.1, 0.15) is 34.1 Å². The highest BCUT2D eigenvalue weighted by atomic mass is 33.1. The van der Waals surface area contributed by atoms with Gasteiger partial charge in [0, 0.05) is 4.75 Å². The molecule has 0 saturated carbocycles. The van der Waals surface area contributed by atoms with Gasteiger partial charge in [-0.3, -0.25) is 0 Å². The summed E-state index contributed by atoms with van der Waals surface area (Å²) in [6.45, 7) is 8.69. The molecule has 0 bridgehead atoms. The maximum atomic E-state index is 5.07. The van der Waals surface area contributed by atoms with E-state index in [1.165, 1.54) is 0 Å². The predicted octanol–water partition coefficient (Wildman–Crippen LogP) is 3.90. The van der Waals surface area contributed by atoms with Crippen LogP contribution < -0.4 is 0 Å². The lowest BCUT2D eigenvalue weighted by molar-refractivity contribution is 0.810. The van der Waals surface area contributed by atoms with Crippen molar-refractivity contribution < 1.29 is 0 Å². The summed E-state index contributed by atoms with van der Waals surface area (Å²) in [5.74, 6) is 0. The number of thiocarbonyl (C=S) groups is 1. The third kappa shape index (κ3) is 6.90. The van der Waals surface area contributed by atoms with E-state index in [-0.39, 0.29) is 0 Å². The van der Waals surface area contributed by atoms with Gasteiger partial charge in [0.1, 0.15) is 0 Å². The molecule has 0 aromatic carbocycles. The predicted molar refractivity (Wildman–Crippen MR) is 57.8 cm³/mol. The summed E-state index contributed by atoms with van der Waals surface area (Å²) >= 11 is 5.07. The van der Waals surface area contributed by atoms with Crippen LogP contribution in [0.15, 0.2) is 0 Å². The Morgan fingerprint density at radius 2 is 1.90 bits per heavy atom. The molecule has 0 saturated heterocycles. The van der Waals surface area contributed by atoms with E-state index in [4.69, 9.17) is 12.2 Å². The normalized spacial score (nSPS) is 11.6. The topological polar surface area (TPSA) is 0 Å². The summed E-state index contributed by atoms with van der Waals surface area (Å²) in [5.41, 5.74) is 0. The molecule has 0 aromatic rings. The molecule has 0 nitrogen and oxygen atoms in total. The van der Waals surface area contributed by atoms with Gasteiger partial charge in [0.05, 0.1) is 4.20 Å². The molecule has 10 heavy (non-hydrogen) atoms. The Hall–Kier alpha value is 0.790. The van der Waals surface area contributed by atoms with Gasteiger partial charge in [0.15, 0.2) is 0 Å². The van der Waals surface area contributed by atoms with Crippen molar-refractivity contribution in [3.63, 3.8) is 0 Å². The molecule has 0 radical (unpaired) electrons. The third-order valence-corrected chi connectivity index (χ3v) is 4.94. The minimum atomic E-state index is 0.323. The Morgan fingerprint density at radius 3 is 2.20 bits per heavy atom. The molecule has 0 atom stereocenters. The average molecular weight is 194 g/mol. The maximum absolute atomic E-state index is 5.07. The van der Waals surface area contributed by atoms with Crippen molar-refractivity contribution in [2.45, 2.75) is 38.9 Å². The molecule has 3 heteroatoms. The Kier molecular flexibility index (Phi) is 4.99. The van der Waals surface area contributed by atoms with Crippen LogP contribution in [0.2, 0.25) is 0 Å². The second-order valence-corrected chi connectivity index (χ2v) is 6.81. The fourth-order valence-electron chi connectivity index (χ4n) is 0.230. The first-order chi connectivity index (χ1) is 4.45. The lowest BCUT2D eigenvalue weighted by atomic mass is 10.3. The summed E-state index contributed by atoms with van der Waals surface area (Å²) in [6.07, 6.45) is 1.00. The van der Waals surface area contributed by atoms with Crippen LogP contribution >= 0.6 is 33.8 Å². The van der Waals surface area contributed by atoms with Gasteiger partial charge in [-0.2, -0.15) is 0 Å². The molecule has 0 aliphatic heterocycles. The van der Waals surface area contributed by atoms with Gasteiger partial charge < -0.3 is 0 Å². The van der Waals surface area contributed by atoms with Gasteiger partial charge in [-0.15, -0.1) is 0 Å². The quantitative estimate of drug-likeness (QED) is 0.483. The lowest BCUT2D eigenvalue weighted by Gasteiger charge is -2.15. The molecule has 0 unspecified atom stereocenters. The van der Waals surface area contributed by atoms with Crippen molar-refractivity contribution in [1.82, 2.24) is 0 Å². The average Bonchev–Trinajstić information content (AvgIpc) is 1.81. The highest BCUT2D eigenvalue weighted by molar-refractivity contribution is 8.84. The molecule has 0 amide bonds. The molecular formula is C7H14S3. The van der Waals surface area contributed by atoms with Gasteiger partial charge in [-0.1, -0.05) is 50.7 Å². The van der Waals surface area contributed by atoms with Crippen LogP contribution in [0.4, 0.5) is 0 Å². The molecule has 0 aromatic heterocycles. The van der Waals surface area contributed by atoms with Crippen molar-refractivity contribution >= 4 is 38.0 Å². The maximum Gasteiger partial charge on any atom is 0.0584 e. The van der Waals surface area contributed by atoms with Crippen molar-refractivity contribution in [2.75, 3.05) is 0 Å². The molecule has 0 N–H and O–H groups in total. The molecule has 0 aliphatic carbocycles. The van der Waals surface area contributed by atoms with Crippen molar-refractivity contribution in [1.29, 1.82) is 0 Å². The van der Waals surface area contributed by atoms with Crippen LogP contribution in [-0.4, -0.2) is 8.94 Å². The first kappa shape index (κ1) is 10.8. The first-order valence-electron chi connectivity index (χ1n) is 3.34. The second kappa shape index (κ2) is 4.62. The van der Waals surface area contributed by atoms with Crippen molar-refractivity contribution in [3.05, 3.63) is 0 Å². The van der Waals surface area contributed by atoms with Crippen LogP contribution in [0.5, 0.6) is 0 Å². The summed E-state index contributed by atoms with van der Waals surface area (Å²) in [7, 11) is 3.57. The van der Waals surface area contributed by atoms with E-state index in [1.807, 2.05) is 10.8 Å². The highest BCUT2D eigenvalue weighted by Crippen LogP contribution is 2.36. The number of rotatable bonds is 2. The van der Waals surface area contributed by atoms with E-state index in [2.05, 4.69) is 27.7 Å². The van der Waals surface area contributed by atoms with Crippen LogP contribution in [0.3, 0.4) is 0 Å². The minimum absolute atomic E-state index is 0.323. The molecular weight excluding hydrogens is 180 g/mol. The first-order valence-corrected chi connectivity index (χ1v) is 5.90. The van der Waals surface area contributed by atoms with Gasteiger partial charge in [0.2, 0.25) is 0 Å². The van der Waals surface area contributed by atoms with E-state index >= 15 is 0 Å². The Balaban J connectivity index is 3.46. The Labute approximate surface area is 76.9 Å². The Morgan fingerprint density at radius 1 is 1.40 bits per heavy atom. The van der Waals surface area contributed by atoms with E-state index in [0.717, 1.165) is 10.6 Å². The zero-order chi connectivity index (χ0) is 8.20. The summed E-state index contributed by atoms with van der Waals surface area (Å²) < 4.78 is 1.42. The van der Waals surface area contributed by atoms with Gasteiger partial charge in [-0.05, 0) is 17.2 Å². The van der Waals surface area contributed by atoms with Crippen molar-refractivity contribution in [3.8, 4) is 0 Å². The second-order valence-electron chi connectivity index (χ2n) is 3.00. The fraction of sp³-hybridized carbons (Fsp3) is 0.857. The zero-order valence-corrected chi connectivity index (χ0v) is 9.38. The molecule has 0 heterocycles. The van der Waals surface area contributed by atoms with Gasteiger partial charge in [-0.25, -0.2) is 0 Å². The fourth-order valence-corrected chi connectivity index (χ4v) is 2.38. The minimum Gasteiger partial charge on any atom is -0.0824 e. The van der Waals surface area contributed by atoms with E-state index in [9.17, 15) is 0 Å². The Bertz CT molecular complexity index is 113. The summed E-state index contributed by atoms with van der Waals surface area (Å²) in [6, 6.07) is 0. The van der Waals surface area contributed by atoms with Crippen molar-refractivity contribution in [2.24, 2.45) is 0 Å². The molecule has 0 aliphatic rings. The zero-order valence-electron chi connectivity index (χ0n) is 6.93. The number of hydrogen-bond donors (Lipinski definition) is 0. The molecule has 0 fully saturated rings. The highest BCUT2D eigenvalue weighted by Gasteiger charge is 2.11. The van der Waals surface area contributed by atoms with Crippen LogP contribution in [0.25, 0.3) is 0 Å². The van der Waals surface area contributed by atoms with Gasteiger partial charge in [0.25, 0.3) is 0 Å².